The summed E-state index contributed by atoms with van der Waals surface area (Å²) in [6, 6.07) is 10.2. The molecule has 17 heteroatoms. The van der Waals surface area contributed by atoms with Gasteiger partial charge in [-0.05, 0) is 63.4 Å². The highest BCUT2D eigenvalue weighted by Crippen LogP contribution is 2.20. The Morgan fingerprint density at radius 1 is 0.646 bits per heavy atom. The summed E-state index contributed by atoms with van der Waals surface area (Å²) in [6.45, 7) is 8.34. The first-order chi connectivity index (χ1) is 22.5. The van der Waals surface area contributed by atoms with Gasteiger partial charge >= 0.3 is 35.8 Å². The third kappa shape index (κ3) is 17.0. The number of rotatable bonds is 16. The zero-order valence-electron chi connectivity index (χ0n) is 26.6. The minimum atomic E-state index is -2.74. The van der Waals surface area contributed by atoms with E-state index in [0.29, 0.717) is 0 Å². The van der Waals surface area contributed by atoms with Crippen molar-refractivity contribution in [2.75, 3.05) is 45.9 Å². The summed E-state index contributed by atoms with van der Waals surface area (Å²) in [5.74, 6) is -8.18. The predicted octanol–water partition coefficient (Wildman–Crippen LogP) is 0.766. The van der Waals surface area contributed by atoms with Gasteiger partial charge in [-0.1, -0.05) is 24.6 Å². The fourth-order valence-electron chi connectivity index (χ4n) is 5.25. The second-order valence-corrected chi connectivity index (χ2v) is 11.8. The summed E-state index contributed by atoms with van der Waals surface area (Å²) in [4.78, 5) is 66.3. The highest BCUT2D eigenvalue weighted by molar-refractivity contribution is 5.88. The second kappa shape index (κ2) is 20.8. The second-order valence-electron chi connectivity index (χ2n) is 11.8. The average molecular weight is 687 g/mol. The zero-order chi connectivity index (χ0) is 36.3. The normalized spacial score (nSPS) is 17.0. The number of ether oxygens (including phenoxy) is 1. The topological polar surface area (TPSA) is 280 Å². The number of piperidine rings is 2. The number of para-hydroxylation sites is 1. The van der Waals surface area contributed by atoms with Crippen LogP contribution in [0.25, 0.3) is 0 Å². The molecule has 270 valence electrons. The first-order valence-electron chi connectivity index (χ1n) is 15.4. The van der Waals surface area contributed by atoms with Crippen LogP contribution in [0.5, 0.6) is 5.75 Å². The molecule has 48 heavy (non-hydrogen) atoms. The smallest absolute Gasteiger partial charge is 0.336 e. The molecular formula is C31H46N2O15. The predicted molar refractivity (Wildman–Crippen MR) is 166 cm³/mol. The molecule has 2 saturated heterocycles. The summed E-state index contributed by atoms with van der Waals surface area (Å²) in [5, 5.41) is 67.6. The number of carboxylic acid groups (broad SMARTS) is 6. The Kier molecular flexibility index (Phi) is 18.1. The number of likely N-dealkylation sites (tertiary alicyclic amines) is 2. The molecule has 0 aromatic heterocycles. The quantitative estimate of drug-likeness (QED) is 0.119. The maximum absolute atomic E-state index is 10.3. The van der Waals surface area contributed by atoms with Crippen molar-refractivity contribution in [2.45, 2.75) is 69.0 Å². The van der Waals surface area contributed by atoms with Crippen LogP contribution in [0.1, 0.15) is 57.8 Å². The fourth-order valence-corrected chi connectivity index (χ4v) is 5.25. The number of benzene rings is 1. The minimum absolute atomic E-state index is 0.806. The van der Waals surface area contributed by atoms with Crippen molar-refractivity contribution >= 4 is 35.8 Å². The Morgan fingerprint density at radius 3 is 1.50 bits per heavy atom. The SMILES string of the molecule is O=C(O)CC(O)(CC(=O)O)C(=O)O.O=C(O)CC(O)(CC(=O)O)C(=O)O.c1ccc(OCCN2CCCC(CN3CCCCC3)C2)cc1. The first-order valence-corrected chi connectivity index (χ1v) is 15.4. The van der Waals surface area contributed by atoms with Crippen molar-refractivity contribution in [3.8, 4) is 5.75 Å². The molecule has 1 atom stereocenters. The standard InChI is InChI=1S/C19H30N2O.2C6H8O7/c1-3-9-19(10-4-1)22-15-14-21-13-7-8-18(17-21)16-20-11-5-2-6-12-20;2*7-3(8)1-6(13,5(11)12)2-4(9)10/h1,3-4,9-10,18H,2,5-8,11-17H2;2*13H,1-2H2,(H,7,8)(H,9,10)(H,11,12). The largest absolute Gasteiger partial charge is 0.492 e. The number of aliphatic hydroxyl groups is 2. The van der Waals surface area contributed by atoms with E-state index in [2.05, 4.69) is 9.80 Å². The van der Waals surface area contributed by atoms with E-state index in [1.807, 2.05) is 30.3 Å². The van der Waals surface area contributed by atoms with E-state index in [4.69, 9.17) is 45.6 Å². The molecule has 3 rings (SSSR count). The molecule has 0 saturated carbocycles. The van der Waals surface area contributed by atoms with E-state index in [1.54, 1.807) is 0 Å². The Balaban J connectivity index is 0.000000386. The number of hydrogen-bond acceptors (Lipinski definition) is 11. The minimum Gasteiger partial charge on any atom is -0.492 e. The van der Waals surface area contributed by atoms with Crippen LogP contribution in [0, 0.1) is 5.92 Å². The molecule has 2 heterocycles. The molecule has 0 aliphatic carbocycles. The molecule has 2 aliphatic rings. The molecule has 1 unspecified atom stereocenters. The highest BCUT2D eigenvalue weighted by Gasteiger charge is 2.41. The van der Waals surface area contributed by atoms with Crippen LogP contribution in [0.4, 0.5) is 0 Å². The molecule has 0 spiro atoms. The fraction of sp³-hybridized carbons (Fsp3) is 0.613. The third-order valence-corrected chi connectivity index (χ3v) is 7.56. The van der Waals surface area contributed by atoms with Gasteiger partial charge in [0.2, 0.25) is 0 Å². The molecule has 1 aromatic carbocycles. The van der Waals surface area contributed by atoms with Gasteiger partial charge in [-0.2, -0.15) is 0 Å². The highest BCUT2D eigenvalue weighted by atomic mass is 16.5. The van der Waals surface area contributed by atoms with Crippen LogP contribution in [0.2, 0.25) is 0 Å². The molecule has 0 amide bonds. The summed E-state index contributed by atoms with van der Waals surface area (Å²) in [6.07, 6.45) is 2.43. The van der Waals surface area contributed by atoms with Crippen LogP contribution in [-0.2, 0) is 28.8 Å². The molecule has 0 radical (unpaired) electrons. The van der Waals surface area contributed by atoms with Crippen molar-refractivity contribution in [3.63, 3.8) is 0 Å². The summed E-state index contributed by atoms with van der Waals surface area (Å²) >= 11 is 0. The van der Waals surface area contributed by atoms with Gasteiger partial charge < -0.3 is 50.5 Å². The molecule has 8 N–H and O–H groups in total. The maximum Gasteiger partial charge on any atom is 0.336 e. The first kappa shape index (κ1) is 41.7. The molecule has 1 aromatic rings. The van der Waals surface area contributed by atoms with E-state index < -0.39 is 72.7 Å². The molecule has 2 fully saturated rings. The van der Waals surface area contributed by atoms with Crippen LogP contribution in [-0.4, -0.2) is 144 Å². The number of carboxylic acids is 6. The zero-order valence-corrected chi connectivity index (χ0v) is 26.6. The van der Waals surface area contributed by atoms with Crippen molar-refractivity contribution in [1.29, 1.82) is 0 Å². The van der Waals surface area contributed by atoms with E-state index >= 15 is 0 Å². The lowest BCUT2D eigenvalue weighted by Crippen LogP contribution is -2.43. The Bertz CT molecular complexity index is 1120. The Labute approximate surface area is 277 Å². The van der Waals surface area contributed by atoms with Gasteiger partial charge in [0, 0.05) is 19.6 Å². The van der Waals surface area contributed by atoms with E-state index in [0.717, 1.165) is 24.8 Å². The average Bonchev–Trinajstić information content (AvgIpc) is 2.97. The van der Waals surface area contributed by atoms with Crippen LogP contribution < -0.4 is 4.74 Å². The van der Waals surface area contributed by atoms with Gasteiger partial charge in [0.1, 0.15) is 12.4 Å². The van der Waals surface area contributed by atoms with Crippen molar-refractivity contribution in [3.05, 3.63) is 30.3 Å². The van der Waals surface area contributed by atoms with Gasteiger partial charge in [0.05, 0.1) is 25.7 Å². The molecule has 2 aliphatic heterocycles. The summed E-state index contributed by atoms with van der Waals surface area (Å²) < 4.78 is 5.84. The number of hydrogen-bond donors (Lipinski definition) is 8. The van der Waals surface area contributed by atoms with Gasteiger partial charge in [-0.15, -0.1) is 0 Å². The monoisotopic (exact) mass is 686 g/mol. The lowest BCUT2D eigenvalue weighted by Gasteiger charge is -2.36. The molecular weight excluding hydrogens is 640 g/mol. The number of nitrogens with zero attached hydrogens (tertiary/aromatic N) is 2. The Morgan fingerprint density at radius 2 is 1.08 bits per heavy atom. The molecule has 0 bridgehead atoms. The number of carbonyl (C=O) groups is 6. The van der Waals surface area contributed by atoms with Crippen molar-refractivity contribution in [2.24, 2.45) is 5.92 Å². The van der Waals surface area contributed by atoms with Crippen LogP contribution in [0.15, 0.2) is 30.3 Å². The van der Waals surface area contributed by atoms with Gasteiger partial charge in [0.15, 0.2) is 11.2 Å². The van der Waals surface area contributed by atoms with Crippen LogP contribution >= 0.6 is 0 Å². The van der Waals surface area contributed by atoms with E-state index in [9.17, 15) is 28.8 Å². The summed E-state index contributed by atoms with van der Waals surface area (Å²) in [7, 11) is 0. The lowest BCUT2D eigenvalue weighted by molar-refractivity contribution is -0.170. The van der Waals surface area contributed by atoms with Gasteiger partial charge in [0.25, 0.3) is 0 Å². The van der Waals surface area contributed by atoms with Crippen LogP contribution in [0.3, 0.4) is 0 Å². The van der Waals surface area contributed by atoms with Gasteiger partial charge in [-0.25, -0.2) is 9.59 Å². The van der Waals surface area contributed by atoms with Gasteiger partial charge in [-0.3, -0.25) is 24.1 Å². The third-order valence-electron chi connectivity index (χ3n) is 7.56. The van der Waals surface area contributed by atoms with Crippen molar-refractivity contribution < 1.29 is 74.4 Å². The van der Waals surface area contributed by atoms with E-state index in [-0.39, 0.29) is 0 Å². The van der Waals surface area contributed by atoms with Crippen molar-refractivity contribution in [1.82, 2.24) is 9.80 Å². The molecule has 17 nitrogen and oxygen atoms in total. The number of aliphatic carboxylic acids is 6. The lowest BCUT2D eigenvalue weighted by atomic mass is 9.96. The summed E-state index contributed by atoms with van der Waals surface area (Å²) in [5.41, 5.74) is -5.48. The Hall–Kier alpha value is -4.32. The van der Waals surface area contributed by atoms with E-state index in [1.165, 1.54) is 64.8 Å². The maximum atomic E-state index is 10.3.